The van der Waals surface area contributed by atoms with Crippen LogP contribution in [0.3, 0.4) is 0 Å². The zero-order valence-electron chi connectivity index (χ0n) is 11.6. The van der Waals surface area contributed by atoms with Gasteiger partial charge in [-0.25, -0.2) is 0 Å². The zero-order valence-corrected chi connectivity index (χ0v) is 11.6. The quantitative estimate of drug-likeness (QED) is 0.837. The summed E-state index contributed by atoms with van der Waals surface area (Å²) in [6, 6.07) is 0. The van der Waals surface area contributed by atoms with Crippen molar-refractivity contribution >= 4 is 0 Å². The normalized spacial score (nSPS) is 43.5. The Bertz CT molecular complexity index is 457. The molecule has 0 atom stereocenters. The highest BCUT2D eigenvalue weighted by Gasteiger charge is 2.52. The average molecular weight is 257 g/mol. The molecular weight excluding hydrogens is 234 g/mol. The molecule has 19 heavy (non-hydrogen) atoms. The molecule has 2 heterocycles. The van der Waals surface area contributed by atoms with E-state index in [0.29, 0.717) is 5.54 Å². The van der Waals surface area contributed by atoms with Crippen molar-refractivity contribution in [3.8, 4) is 0 Å². The van der Waals surface area contributed by atoms with Gasteiger partial charge in [0.15, 0.2) is 0 Å². The van der Waals surface area contributed by atoms with Gasteiger partial charge in [0.2, 0.25) is 0 Å². The number of hydrogen-bond donors (Lipinski definition) is 1. The number of fused-ring (bicyclic) bond motifs is 1. The molecule has 4 bridgehead atoms. The molecule has 1 aliphatic heterocycles. The fourth-order valence-electron chi connectivity index (χ4n) is 5.82. The maximum atomic E-state index is 5.02. The van der Waals surface area contributed by atoms with Gasteiger partial charge in [0.05, 0.1) is 11.2 Å². The van der Waals surface area contributed by atoms with Crippen molar-refractivity contribution in [1.29, 1.82) is 0 Å². The highest BCUT2D eigenvalue weighted by molar-refractivity contribution is 5.21. The van der Waals surface area contributed by atoms with Crippen molar-refractivity contribution in [2.75, 3.05) is 6.54 Å². The van der Waals surface area contributed by atoms with Crippen LogP contribution in [0.1, 0.15) is 49.8 Å². The van der Waals surface area contributed by atoms with Gasteiger partial charge in [0.25, 0.3) is 0 Å². The van der Waals surface area contributed by atoms with Crippen molar-refractivity contribution in [1.82, 2.24) is 15.1 Å². The van der Waals surface area contributed by atoms with E-state index >= 15 is 0 Å². The van der Waals surface area contributed by atoms with Crippen molar-refractivity contribution < 1.29 is 0 Å². The van der Waals surface area contributed by atoms with E-state index in [4.69, 9.17) is 5.10 Å². The Kier molecular flexibility index (Phi) is 2.08. The summed E-state index contributed by atoms with van der Waals surface area (Å²) in [6.07, 6.45) is 12.3. The third-order valence-electron chi connectivity index (χ3n) is 6.22. The molecule has 5 aliphatic rings. The first-order valence-corrected chi connectivity index (χ1v) is 8.09. The lowest BCUT2D eigenvalue weighted by Gasteiger charge is -2.56. The lowest BCUT2D eigenvalue weighted by Crippen LogP contribution is -2.52. The largest absolute Gasteiger partial charge is 0.312 e. The van der Waals surface area contributed by atoms with E-state index in [2.05, 4.69) is 16.2 Å². The molecule has 3 nitrogen and oxygen atoms in total. The van der Waals surface area contributed by atoms with Crippen molar-refractivity contribution in [3.05, 3.63) is 17.5 Å². The number of rotatable bonds is 1. The topological polar surface area (TPSA) is 29.9 Å². The van der Waals surface area contributed by atoms with E-state index in [1.165, 1.54) is 49.8 Å². The molecule has 4 saturated carbocycles. The van der Waals surface area contributed by atoms with Crippen LogP contribution in [0.25, 0.3) is 0 Å². The van der Waals surface area contributed by atoms with E-state index in [1.54, 1.807) is 0 Å². The summed E-state index contributed by atoms with van der Waals surface area (Å²) in [4.78, 5) is 0. The minimum atomic E-state index is 0.409. The van der Waals surface area contributed by atoms with Gasteiger partial charge in [-0.3, -0.25) is 4.68 Å². The van der Waals surface area contributed by atoms with Gasteiger partial charge in [0, 0.05) is 31.3 Å². The molecule has 1 aromatic heterocycles. The molecule has 3 heteroatoms. The first-order valence-electron chi connectivity index (χ1n) is 8.09. The first kappa shape index (κ1) is 10.9. The summed E-state index contributed by atoms with van der Waals surface area (Å²) >= 11 is 0. The predicted octanol–water partition coefficient (Wildman–Crippen LogP) is 2.45. The van der Waals surface area contributed by atoms with Gasteiger partial charge < -0.3 is 5.32 Å². The summed E-state index contributed by atoms with van der Waals surface area (Å²) in [5.74, 6) is 3.02. The molecule has 4 fully saturated rings. The smallest absolute Gasteiger partial charge is 0.0682 e. The minimum absolute atomic E-state index is 0.409. The zero-order chi connectivity index (χ0) is 12.4. The van der Waals surface area contributed by atoms with Gasteiger partial charge in [-0.2, -0.15) is 5.10 Å². The maximum absolute atomic E-state index is 5.02. The van der Waals surface area contributed by atoms with E-state index in [1.807, 2.05) is 0 Å². The van der Waals surface area contributed by atoms with Crippen LogP contribution in [0.15, 0.2) is 6.20 Å². The van der Waals surface area contributed by atoms with E-state index in [0.717, 1.165) is 37.3 Å². The summed E-state index contributed by atoms with van der Waals surface area (Å²) < 4.78 is 2.43. The molecule has 1 N–H and O–H groups in total. The molecule has 6 rings (SSSR count). The summed E-state index contributed by atoms with van der Waals surface area (Å²) in [5, 5.41) is 8.49. The molecule has 0 amide bonds. The second-order valence-electron chi connectivity index (χ2n) is 7.61. The Morgan fingerprint density at radius 3 is 2.42 bits per heavy atom. The fourth-order valence-corrected chi connectivity index (χ4v) is 5.82. The Hall–Kier alpha value is -0.830. The van der Waals surface area contributed by atoms with Crippen LogP contribution in [0.4, 0.5) is 0 Å². The Morgan fingerprint density at radius 1 is 1.11 bits per heavy atom. The van der Waals surface area contributed by atoms with Gasteiger partial charge in [0.1, 0.15) is 0 Å². The standard InChI is InChI=1S/C16H23N3/c1-2-17-9-14-10-19(18-15(1)14)16-6-11-3-12(7-16)5-13(4-11)8-16/h10-13,17H,1-9H2. The molecular formula is C16H23N3. The molecule has 4 aliphatic carbocycles. The highest BCUT2D eigenvalue weighted by atomic mass is 15.3. The molecule has 1 aromatic rings. The van der Waals surface area contributed by atoms with Gasteiger partial charge >= 0.3 is 0 Å². The second-order valence-corrected chi connectivity index (χ2v) is 7.61. The predicted molar refractivity (Wildman–Crippen MR) is 73.8 cm³/mol. The van der Waals surface area contributed by atoms with E-state index < -0.39 is 0 Å². The lowest BCUT2D eigenvalue weighted by molar-refractivity contribution is -0.0495. The molecule has 0 aromatic carbocycles. The minimum Gasteiger partial charge on any atom is -0.312 e. The summed E-state index contributed by atoms with van der Waals surface area (Å²) in [6.45, 7) is 2.13. The van der Waals surface area contributed by atoms with Crippen LogP contribution in [0, 0.1) is 17.8 Å². The molecule has 0 unspecified atom stereocenters. The Morgan fingerprint density at radius 2 is 1.79 bits per heavy atom. The monoisotopic (exact) mass is 257 g/mol. The third kappa shape index (κ3) is 1.51. The number of nitrogens with zero attached hydrogens (tertiary/aromatic N) is 2. The molecule has 0 saturated heterocycles. The summed E-state index contributed by atoms with van der Waals surface area (Å²) in [5.41, 5.74) is 3.24. The van der Waals surface area contributed by atoms with Crippen LogP contribution in [-0.2, 0) is 18.5 Å². The first-order chi connectivity index (χ1) is 9.31. The number of hydrogen-bond acceptors (Lipinski definition) is 2. The Labute approximate surface area is 114 Å². The van der Waals surface area contributed by atoms with Gasteiger partial charge in [-0.05, 0) is 56.3 Å². The fraction of sp³-hybridized carbons (Fsp3) is 0.812. The highest BCUT2D eigenvalue weighted by Crippen LogP contribution is 2.58. The third-order valence-corrected chi connectivity index (χ3v) is 6.22. The van der Waals surface area contributed by atoms with Crippen LogP contribution in [0.2, 0.25) is 0 Å². The molecule has 102 valence electrons. The Balaban J connectivity index is 1.56. The van der Waals surface area contributed by atoms with Crippen molar-refractivity contribution in [2.24, 2.45) is 17.8 Å². The van der Waals surface area contributed by atoms with Crippen LogP contribution < -0.4 is 5.32 Å². The average Bonchev–Trinajstić information content (AvgIpc) is 2.81. The molecule has 0 radical (unpaired) electrons. The van der Waals surface area contributed by atoms with E-state index in [9.17, 15) is 0 Å². The molecule has 0 spiro atoms. The maximum Gasteiger partial charge on any atom is 0.0682 e. The van der Waals surface area contributed by atoms with Crippen molar-refractivity contribution in [2.45, 2.75) is 57.0 Å². The SMILES string of the molecule is c1c2c(nn1C13CC4CC(CC(C4)C1)C3)CCNC2. The van der Waals surface area contributed by atoms with Crippen LogP contribution >= 0.6 is 0 Å². The number of aromatic nitrogens is 2. The van der Waals surface area contributed by atoms with Gasteiger partial charge in [-0.1, -0.05) is 0 Å². The van der Waals surface area contributed by atoms with E-state index in [-0.39, 0.29) is 0 Å². The van der Waals surface area contributed by atoms with Crippen LogP contribution in [-0.4, -0.2) is 16.3 Å². The van der Waals surface area contributed by atoms with Gasteiger partial charge in [-0.15, -0.1) is 0 Å². The summed E-state index contributed by atoms with van der Waals surface area (Å²) in [7, 11) is 0. The second kappa shape index (κ2) is 3.63. The number of nitrogens with one attached hydrogen (secondary N) is 1. The van der Waals surface area contributed by atoms with Crippen molar-refractivity contribution in [3.63, 3.8) is 0 Å². The van der Waals surface area contributed by atoms with Crippen LogP contribution in [0.5, 0.6) is 0 Å². The lowest BCUT2D eigenvalue weighted by atomic mass is 9.53.